The summed E-state index contributed by atoms with van der Waals surface area (Å²) in [6.07, 6.45) is 0. The minimum absolute atomic E-state index is 0.233. The van der Waals surface area contributed by atoms with E-state index in [9.17, 15) is 9.36 Å². The van der Waals surface area contributed by atoms with Gasteiger partial charge in [-0.2, -0.15) is 0 Å². The molecule has 0 amide bonds. The Morgan fingerprint density at radius 3 is 2.81 bits per heavy atom. The predicted octanol–water partition coefficient (Wildman–Crippen LogP) is 1.95. The number of rotatable bonds is 6. The van der Waals surface area contributed by atoms with Gasteiger partial charge in [0.05, 0.1) is 0 Å². The van der Waals surface area contributed by atoms with Gasteiger partial charge in [0, 0.05) is 9.59 Å². The third-order valence-electron chi connectivity index (χ3n) is 1.53. The number of carbonyl (C=O) groups excluding carboxylic acids is 1. The van der Waals surface area contributed by atoms with Crippen molar-refractivity contribution in [3.63, 3.8) is 0 Å². The lowest BCUT2D eigenvalue weighted by Crippen LogP contribution is -2.15. The van der Waals surface area contributed by atoms with Crippen molar-refractivity contribution in [2.75, 3.05) is 13.2 Å². The van der Waals surface area contributed by atoms with Gasteiger partial charge in [-0.25, -0.2) is 0 Å². The molecule has 5 nitrogen and oxygen atoms in total. The highest BCUT2D eigenvalue weighted by Crippen LogP contribution is 2.17. The fraction of sp³-hybridized carbons (Fsp3) is 0.222. The molecular formula is C9H9ClO5P+. The summed E-state index contributed by atoms with van der Waals surface area (Å²) in [5.41, 5.74) is 0. The van der Waals surface area contributed by atoms with Crippen molar-refractivity contribution in [1.82, 2.24) is 0 Å². The van der Waals surface area contributed by atoms with Gasteiger partial charge in [0.2, 0.25) is 5.78 Å². The number of carbonyl (C=O) groups is 1. The molecule has 0 aliphatic carbocycles. The summed E-state index contributed by atoms with van der Waals surface area (Å²) in [4.78, 5) is 19.4. The maximum Gasteiger partial charge on any atom is 0.695 e. The van der Waals surface area contributed by atoms with Gasteiger partial charge >= 0.3 is 8.25 Å². The van der Waals surface area contributed by atoms with Crippen molar-refractivity contribution in [2.45, 2.75) is 0 Å². The molecule has 0 aliphatic heterocycles. The van der Waals surface area contributed by atoms with Crippen LogP contribution in [0.4, 0.5) is 0 Å². The van der Waals surface area contributed by atoms with E-state index in [0.717, 1.165) is 0 Å². The maximum absolute atomic E-state index is 11.1. The van der Waals surface area contributed by atoms with Gasteiger partial charge in [-0.1, -0.05) is 17.7 Å². The molecule has 0 heterocycles. The van der Waals surface area contributed by atoms with Gasteiger partial charge in [-0.15, -0.1) is 9.42 Å². The topological polar surface area (TPSA) is 72.8 Å². The van der Waals surface area contributed by atoms with Crippen LogP contribution in [0.5, 0.6) is 5.75 Å². The molecule has 1 atom stereocenters. The number of ketones is 1. The van der Waals surface area contributed by atoms with Crippen LogP contribution in [0, 0.1) is 0 Å². The molecule has 1 aromatic rings. The molecular weight excluding hydrogens is 255 g/mol. The van der Waals surface area contributed by atoms with Crippen LogP contribution in [0.25, 0.3) is 0 Å². The summed E-state index contributed by atoms with van der Waals surface area (Å²) in [6, 6.07) is 6.56. The average Bonchev–Trinajstić information content (AvgIpc) is 2.23. The first kappa shape index (κ1) is 13.1. The number of Topliss-reactive ketones (excluding diaryl/α,β-unsaturated/α-hetero) is 1. The third kappa shape index (κ3) is 5.19. The zero-order valence-electron chi connectivity index (χ0n) is 8.13. The number of hydrogen-bond donors (Lipinski definition) is 1. The second kappa shape index (κ2) is 6.55. The van der Waals surface area contributed by atoms with E-state index >= 15 is 0 Å². The molecule has 1 rings (SSSR count). The lowest BCUT2D eigenvalue weighted by Gasteiger charge is -2.03. The van der Waals surface area contributed by atoms with Crippen LogP contribution in [-0.2, 0) is 13.9 Å². The molecule has 0 aromatic heterocycles. The third-order valence-corrected chi connectivity index (χ3v) is 2.12. The van der Waals surface area contributed by atoms with Crippen LogP contribution in [0.3, 0.4) is 0 Å². The molecule has 0 radical (unpaired) electrons. The first-order valence-corrected chi connectivity index (χ1v) is 5.78. The summed E-state index contributed by atoms with van der Waals surface area (Å²) in [5, 5.41) is 0.500. The lowest BCUT2D eigenvalue weighted by atomic mass is 10.3. The van der Waals surface area contributed by atoms with Gasteiger partial charge in [0.1, 0.15) is 12.4 Å². The quantitative estimate of drug-likeness (QED) is 0.794. The molecule has 86 valence electrons. The first-order chi connectivity index (χ1) is 7.58. The molecule has 0 fully saturated rings. The van der Waals surface area contributed by atoms with E-state index in [2.05, 4.69) is 4.52 Å². The summed E-state index contributed by atoms with van der Waals surface area (Å²) in [7, 11) is -2.75. The molecule has 0 saturated heterocycles. The SMILES string of the molecule is O=C(COc1cccc(Cl)c1)CO[P+](=O)O. The molecule has 0 spiro atoms. The number of hydrogen-bond acceptors (Lipinski definition) is 4. The van der Waals surface area contributed by atoms with E-state index in [1.807, 2.05) is 0 Å². The Bertz CT molecular complexity index is 395. The van der Waals surface area contributed by atoms with Crippen molar-refractivity contribution in [3.8, 4) is 5.75 Å². The van der Waals surface area contributed by atoms with Crippen LogP contribution < -0.4 is 4.74 Å². The summed E-state index contributed by atoms with van der Waals surface area (Å²) in [5.74, 6) is 0.0200. The minimum Gasteiger partial charge on any atom is -0.486 e. The fourth-order valence-electron chi connectivity index (χ4n) is 0.889. The van der Waals surface area contributed by atoms with Crippen LogP contribution in [0.2, 0.25) is 5.02 Å². The van der Waals surface area contributed by atoms with Crippen LogP contribution >= 0.6 is 19.9 Å². The highest BCUT2D eigenvalue weighted by Gasteiger charge is 2.15. The molecule has 1 N–H and O–H groups in total. The van der Waals surface area contributed by atoms with Crippen molar-refractivity contribution in [1.29, 1.82) is 0 Å². The first-order valence-electron chi connectivity index (χ1n) is 4.27. The molecule has 16 heavy (non-hydrogen) atoms. The Kier molecular flexibility index (Phi) is 5.35. The predicted molar refractivity (Wildman–Crippen MR) is 57.7 cm³/mol. The van der Waals surface area contributed by atoms with Gasteiger partial charge < -0.3 is 4.74 Å². The van der Waals surface area contributed by atoms with Gasteiger partial charge in [-0.05, 0) is 18.2 Å². The summed E-state index contributed by atoms with van der Waals surface area (Å²) < 4.78 is 19.5. The molecule has 1 aromatic carbocycles. The normalized spacial score (nSPS) is 11.0. The monoisotopic (exact) mass is 263 g/mol. The van der Waals surface area contributed by atoms with Crippen LogP contribution in [0.1, 0.15) is 0 Å². The van der Waals surface area contributed by atoms with Crippen LogP contribution in [0.15, 0.2) is 24.3 Å². The number of benzene rings is 1. The Hall–Kier alpha value is -1.00. The Labute approximate surface area is 97.9 Å². The van der Waals surface area contributed by atoms with Crippen molar-refractivity contribution >= 4 is 25.6 Å². The lowest BCUT2D eigenvalue weighted by molar-refractivity contribution is -0.123. The second-order valence-corrected chi connectivity index (χ2v) is 3.97. The van der Waals surface area contributed by atoms with Crippen molar-refractivity contribution in [3.05, 3.63) is 29.3 Å². The van der Waals surface area contributed by atoms with E-state index in [0.29, 0.717) is 10.8 Å². The second-order valence-electron chi connectivity index (χ2n) is 2.80. The highest BCUT2D eigenvalue weighted by molar-refractivity contribution is 7.32. The van der Waals surface area contributed by atoms with E-state index in [1.54, 1.807) is 24.3 Å². The standard InChI is InChI=1S/C9H8ClO5P/c10-7-2-1-3-9(4-7)14-5-8(11)6-15-16(12)13/h1-4H,5-6H2/p+1. The van der Waals surface area contributed by atoms with Crippen molar-refractivity contribution < 1.29 is 23.5 Å². The van der Waals surface area contributed by atoms with E-state index in [4.69, 9.17) is 21.2 Å². The molecule has 1 unspecified atom stereocenters. The van der Waals surface area contributed by atoms with E-state index in [-0.39, 0.29) is 6.61 Å². The number of halogens is 1. The zero-order valence-corrected chi connectivity index (χ0v) is 9.78. The zero-order chi connectivity index (χ0) is 12.0. The van der Waals surface area contributed by atoms with Crippen molar-refractivity contribution in [2.24, 2.45) is 0 Å². The number of ether oxygens (including phenoxy) is 1. The summed E-state index contributed by atoms with van der Waals surface area (Å²) in [6.45, 7) is -0.685. The Morgan fingerprint density at radius 1 is 1.44 bits per heavy atom. The van der Waals surface area contributed by atoms with Crippen LogP contribution in [-0.4, -0.2) is 23.9 Å². The van der Waals surface area contributed by atoms with Gasteiger partial charge in [0.15, 0.2) is 6.61 Å². The highest BCUT2D eigenvalue weighted by atomic mass is 35.5. The summed E-state index contributed by atoms with van der Waals surface area (Å²) >= 11 is 5.70. The van der Waals surface area contributed by atoms with E-state index < -0.39 is 20.6 Å². The van der Waals surface area contributed by atoms with Gasteiger partial charge in [0.25, 0.3) is 0 Å². The molecule has 7 heteroatoms. The smallest absolute Gasteiger partial charge is 0.486 e. The molecule has 0 saturated carbocycles. The Balaban J connectivity index is 2.34. The Morgan fingerprint density at radius 2 is 2.19 bits per heavy atom. The minimum atomic E-state index is -2.75. The maximum atomic E-state index is 11.1. The largest absolute Gasteiger partial charge is 0.695 e. The fourth-order valence-corrected chi connectivity index (χ4v) is 1.32. The molecule has 0 aliphatic rings. The molecule has 0 bridgehead atoms. The average molecular weight is 264 g/mol. The van der Waals surface area contributed by atoms with E-state index in [1.165, 1.54) is 0 Å². The van der Waals surface area contributed by atoms with Gasteiger partial charge in [-0.3, -0.25) is 4.79 Å².